The van der Waals surface area contributed by atoms with Crippen LogP contribution < -0.4 is 5.32 Å². The van der Waals surface area contributed by atoms with Gasteiger partial charge < -0.3 is 14.7 Å². The van der Waals surface area contributed by atoms with Crippen molar-refractivity contribution in [2.45, 2.75) is 12.7 Å². The van der Waals surface area contributed by atoms with Gasteiger partial charge in [0.25, 0.3) is 5.89 Å². The summed E-state index contributed by atoms with van der Waals surface area (Å²) in [6.07, 6.45) is -4.41. The molecule has 1 N–H and O–H groups in total. The van der Waals surface area contributed by atoms with Crippen LogP contribution in [0, 0.1) is 5.82 Å². The summed E-state index contributed by atoms with van der Waals surface area (Å²) in [5.74, 6) is -0.0373. The lowest BCUT2D eigenvalue weighted by Gasteiger charge is -2.34. The number of carbonyl (C=O) groups excluding carboxylic acids is 1. The van der Waals surface area contributed by atoms with Crippen LogP contribution in [-0.2, 0) is 12.7 Å². The van der Waals surface area contributed by atoms with E-state index in [0.29, 0.717) is 49.8 Å². The SMILES string of the molecule is O=C(Nc1ccc(F)c(Cl)c1)N1CCN(Cc2noc(-c3ccc(C(F)(F)F)cc3)n2)CC1. The van der Waals surface area contributed by atoms with Crippen molar-refractivity contribution in [3.05, 3.63) is 64.7 Å². The average molecular weight is 484 g/mol. The molecule has 12 heteroatoms. The molecular formula is C21H18ClF4N5O2. The standard InChI is InChI=1S/C21H18ClF4N5O2/c22-16-11-15(5-6-17(16)23)27-20(32)31-9-7-30(8-10-31)12-18-28-19(33-29-18)13-1-3-14(4-2-13)21(24,25)26/h1-6,11H,7-10,12H2,(H,27,32). The number of benzene rings is 2. The third-order valence-corrected chi connectivity index (χ3v) is 5.41. The highest BCUT2D eigenvalue weighted by atomic mass is 35.5. The van der Waals surface area contributed by atoms with E-state index in [1.165, 1.54) is 30.3 Å². The largest absolute Gasteiger partial charge is 0.416 e. The molecule has 2 amide bonds. The molecule has 1 aliphatic heterocycles. The maximum Gasteiger partial charge on any atom is 0.416 e. The molecule has 1 aliphatic rings. The molecule has 2 heterocycles. The van der Waals surface area contributed by atoms with E-state index in [4.69, 9.17) is 16.1 Å². The smallest absolute Gasteiger partial charge is 0.334 e. The van der Waals surface area contributed by atoms with Gasteiger partial charge >= 0.3 is 12.2 Å². The number of urea groups is 1. The molecule has 4 rings (SSSR count). The van der Waals surface area contributed by atoms with E-state index in [2.05, 4.69) is 15.5 Å². The summed E-state index contributed by atoms with van der Waals surface area (Å²) in [6.45, 7) is 2.38. The average Bonchev–Trinajstić information content (AvgIpc) is 3.25. The highest BCUT2D eigenvalue weighted by Gasteiger charge is 2.30. The zero-order valence-electron chi connectivity index (χ0n) is 17.1. The van der Waals surface area contributed by atoms with E-state index in [-0.39, 0.29) is 16.9 Å². The number of carbonyl (C=O) groups is 1. The van der Waals surface area contributed by atoms with Crippen molar-refractivity contribution in [2.75, 3.05) is 31.5 Å². The van der Waals surface area contributed by atoms with E-state index in [1.54, 1.807) is 4.90 Å². The quantitative estimate of drug-likeness (QED) is 0.534. The van der Waals surface area contributed by atoms with Crippen molar-refractivity contribution in [3.63, 3.8) is 0 Å². The summed E-state index contributed by atoms with van der Waals surface area (Å²) in [4.78, 5) is 20.3. The molecular weight excluding hydrogens is 466 g/mol. The number of halogens is 5. The van der Waals surface area contributed by atoms with Crippen LogP contribution in [0.15, 0.2) is 47.0 Å². The number of rotatable bonds is 4. The molecule has 2 aromatic carbocycles. The molecule has 174 valence electrons. The van der Waals surface area contributed by atoms with E-state index in [9.17, 15) is 22.4 Å². The summed E-state index contributed by atoms with van der Waals surface area (Å²) >= 11 is 5.73. The number of hydrogen-bond donors (Lipinski definition) is 1. The van der Waals surface area contributed by atoms with Crippen LogP contribution in [0.25, 0.3) is 11.5 Å². The van der Waals surface area contributed by atoms with Gasteiger partial charge in [0.15, 0.2) is 5.82 Å². The van der Waals surface area contributed by atoms with Crippen LogP contribution in [0.4, 0.5) is 28.0 Å². The highest BCUT2D eigenvalue weighted by molar-refractivity contribution is 6.31. The molecule has 0 bridgehead atoms. The summed E-state index contributed by atoms with van der Waals surface area (Å²) in [6, 6.07) is 8.13. The van der Waals surface area contributed by atoms with Gasteiger partial charge in [0.2, 0.25) is 0 Å². The summed E-state index contributed by atoms with van der Waals surface area (Å²) in [5, 5.41) is 6.51. The number of nitrogens with one attached hydrogen (secondary N) is 1. The molecule has 0 spiro atoms. The predicted molar refractivity (Wildman–Crippen MR) is 112 cm³/mol. The summed E-state index contributed by atoms with van der Waals surface area (Å²) in [7, 11) is 0. The van der Waals surface area contributed by atoms with Crippen LogP contribution in [0.1, 0.15) is 11.4 Å². The molecule has 7 nitrogen and oxygen atoms in total. The second kappa shape index (κ2) is 9.36. The minimum atomic E-state index is -4.41. The lowest BCUT2D eigenvalue weighted by molar-refractivity contribution is -0.137. The van der Waals surface area contributed by atoms with Crippen molar-refractivity contribution in [3.8, 4) is 11.5 Å². The van der Waals surface area contributed by atoms with Crippen LogP contribution in [0.3, 0.4) is 0 Å². The first-order valence-electron chi connectivity index (χ1n) is 9.92. The fourth-order valence-electron chi connectivity index (χ4n) is 3.32. The molecule has 1 aromatic heterocycles. The van der Waals surface area contributed by atoms with Crippen LogP contribution in [0.2, 0.25) is 5.02 Å². The van der Waals surface area contributed by atoms with Crippen molar-refractivity contribution in [2.24, 2.45) is 0 Å². The Hall–Kier alpha value is -3.18. The van der Waals surface area contributed by atoms with Crippen molar-refractivity contribution in [1.82, 2.24) is 19.9 Å². The monoisotopic (exact) mass is 483 g/mol. The van der Waals surface area contributed by atoms with Crippen molar-refractivity contribution < 1.29 is 26.9 Å². The molecule has 3 aromatic rings. The van der Waals surface area contributed by atoms with Gasteiger partial charge in [-0.15, -0.1) is 0 Å². The minimum absolute atomic E-state index is 0.0756. The summed E-state index contributed by atoms with van der Waals surface area (Å²) < 4.78 is 56.5. The first-order chi connectivity index (χ1) is 15.7. The van der Waals surface area contributed by atoms with Gasteiger partial charge in [0.05, 0.1) is 17.1 Å². The number of alkyl halides is 3. The predicted octanol–water partition coefficient (Wildman–Crippen LogP) is 4.90. The van der Waals surface area contributed by atoms with E-state index in [1.807, 2.05) is 4.90 Å². The fraction of sp³-hybridized carbons (Fsp3) is 0.286. The van der Waals surface area contributed by atoms with Gasteiger partial charge in [0.1, 0.15) is 5.82 Å². The Kier molecular flexibility index (Phi) is 6.52. The van der Waals surface area contributed by atoms with Crippen LogP contribution >= 0.6 is 11.6 Å². The first-order valence-corrected chi connectivity index (χ1v) is 10.3. The second-order valence-corrected chi connectivity index (χ2v) is 7.82. The van der Waals surface area contributed by atoms with Crippen molar-refractivity contribution in [1.29, 1.82) is 0 Å². The normalized spacial score (nSPS) is 15.0. The topological polar surface area (TPSA) is 74.5 Å². The molecule has 0 unspecified atom stereocenters. The van der Waals surface area contributed by atoms with Gasteiger partial charge in [-0.05, 0) is 42.5 Å². The Labute approximate surface area is 190 Å². The van der Waals surface area contributed by atoms with Gasteiger partial charge in [-0.3, -0.25) is 4.90 Å². The Morgan fingerprint density at radius 1 is 1.09 bits per heavy atom. The lowest BCUT2D eigenvalue weighted by Crippen LogP contribution is -2.49. The number of hydrogen-bond acceptors (Lipinski definition) is 5. The third kappa shape index (κ3) is 5.60. The Morgan fingerprint density at radius 3 is 2.42 bits per heavy atom. The lowest BCUT2D eigenvalue weighted by atomic mass is 10.1. The minimum Gasteiger partial charge on any atom is -0.334 e. The third-order valence-electron chi connectivity index (χ3n) is 5.12. The van der Waals surface area contributed by atoms with Crippen molar-refractivity contribution >= 4 is 23.3 Å². The van der Waals surface area contributed by atoms with Crippen LogP contribution in [-0.4, -0.2) is 52.2 Å². The maximum atomic E-state index is 13.3. The second-order valence-electron chi connectivity index (χ2n) is 7.41. The van der Waals surface area contributed by atoms with Crippen LogP contribution in [0.5, 0.6) is 0 Å². The first kappa shape index (κ1) is 23.0. The van der Waals surface area contributed by atoms with E-state index < -0.39 is 17.6 Å². The van der Waals surface area contributed by atoms with E-state index >= 15 is 0 Å². The Balaban J connectivity index is 1.29. The van der Waals surface area contributed by atoms with E-state index in [0.717, 1.165) is 12.1 Å². The molecule has 0 saturated carbocycles. The van der Waals surface area contributed by atoms with Gasteiger partial charge in [-0.1, -0.05) is 16.8 Å². The van der Waals surface area contributed by atoms with Gasteiger partial charge in [0, 0.05) is 37.4 Å². The molecule has 1 fully saturated rings. The fourth-order valence-corrected chi connectivity index (χ4v) is 3.50. The number of amides is 2. The number of aromatic nitrogens is 2. The Morgan fingerprint density at radius 2 is 1.79 bits per heavy atom. The number of piperazine rings is 1. The zero-order chi connectivity index (χ0) is 23.6. The molecule has 1 saturated heterocycles. The number of nitrogens with zero attached hydrogens (tertiary/aromatic N) is 4. The Bertz CT molecular complexity index is 1130. The summed E-state index contributed by atoms with van der Waals surface area (Å²) in [5.41, 5.74) is 0.0379. The molecule has 33 heavy (non-hydrogen) atoms. The molecule has 0 atom stereocenters. The molecule has 0 radical (unpaired) electrons. The van der Waals surface area contributed by atoms with Gasteiger partial charge in [-0.25, -0.2) is 9.18 Å². The number of anilines is 1. The highest BCUT2D eigenvalue weighted by Crippen LogP contribution is 2.30. The molecule has 0 aliphatic carbocycles. The zero-order valence-corrected chi connectivity index (χ0v) is 17.8. The maximum absolute atomic E-state index is 13.3. The van der Waals surface area contributed by atoms with Gasteiger partial charge in [-0.2, -0.15) is 18.2 Å².